The molecule has 3 N–H and O–H groups in total. The number of hydrogen-bond acceptors (Lipinski definition) is 8. The fourth-order valence-electron chi connectivity index (χ4n) is 3.77. The van der Waals surface area contributed by atoms with Crippen molar-refractivity contribution >= 4 is 35.5 Å². The van der Waals surface area contributed by atoms with Crippen LogP contribution in [0.5, 0.6) is 34.5 Å². The van der Waals surface area contributed by atoms with E-state index in [1.165, 1.54) is 20.3 Å². The summed E-state index contributed by atoms with van der Waals surface area (Å²) in [4.78, 5) is 12.7. The van der Waals surface area contributed by atoms with E-state index in [-0.39, 0.29) is 5.91 Å². The van der Waals surface area contributed by atoms with Gasteiger partial charge in [-0.2, -0.15) is 0 Å². The molecule has 0 aliphatic carbocycles. The van der Waals surface area contributed by atoms with Gasteiger partial charge in [0.05, 0.1) is 54.0 Å². The standard InChI is InChI=1S/C29H32N2O7/c1-33-23-11-9-18(13-21(23)30)10-12-27(32)31-22-14-19(15-24(34-2)28(22)37-5)7-8-20-16-25(35-3)29(38-6)26(17-20)36-4/h7-17H,30H2,1-6H3,(H,31,32)/b8-7+,12-10+. The molecule has 1 amide bonds. The SMILES string of the molecule is COc1ccc(/C=C/C(=O)Nc2cc(/C=C/c3cc(OC)c(OC)c(OC)c3)cc(OC)c2OC)cc1N. The minimum Gasteiger partial charge on any atom is -0.495 e. The van der Waals surface area contributed by atoms with Crippen LogP contribution in [0, 0.1) is 0 Å². The molecular formula is C29H32N2O7. The number of nitrogen functional groups attached to an aromatic ring is 1. The van der Waals surface area contributed by atoms with Crippen LogP contribution in [0.2, 0.25) is 0 Å². The lowest BCUT2D eigenvalue weighted by Crippen LogP contribution is -2.09. The van der Waals surface area contributed by atoms with Gasteiger partial charge in [0.25, 0.3) is 0 Å². The molecule has 9 nitrogen and oxygen atoms in total. The van der Waals surface area contributed by atoms with E-state index in [1.807, 2.05) is 24.3 Å². The Morgan fingerprint density at radius 2 is 1.16 bits per heavy atom. The monoisotopic (exact) mass is 520 g/mol. The summed E-state index contributed by atoms with van der Waals surface area (Å²) in [6, 6.07) is 12.5. The smallest absolute Gasteiger partial charge is 0.248 e. The average molecular weight is 521 g/mol. The van der Waals surface area contributed by atoms with Crippen molar-refractivity contribution in [2.75, 3.05) is 53.7 Å². The maximum atomic E-state index is 12.7. The molecule has 0 saturated heterocycles. The van der Waals surface area contributed by atoms with E-state index in [9.17, 15) is 4.79 Å². The minimum atomic E-state index is -0.356. The van der Waals surface area contributed by atoms with Gasteiger partial charge in [0, 0.05) is 6.08 Å². The van der Waals surface area contributed by atoms with Crippen molar-refractivity contribution in [3.05, 3.63) is 65.2 Å². The number of benzene rings is 3. The Morgan fingerprint density at radius 1 is 0.632 bits per heavy atom. The highest BCUT2D eigenvalue weighted by Crippen LogP contribution is 2.40. The van der Waals surface area contributed by atoms with Gasteiger partial charge in [-0.15, -0.1) is 0 Å². The number of amides is 1. The van der Waals surface area contributed by atoms with Gasteiger partial charge < -0.3 is 39.5 Å². The van der Waals surface area contributed by atoms with Crippen LogP contribution in [0.4, 0.5) is 11.4 Å². The van der Waals surface area contributed by atoms with Crippen molar-refractivity contribution in [2.24, 2.45) is 0 Å². The molecule has 0 radical (unpaired) electrons. The minimum absolute atomic E-state index is 0.356. The highest BCUT2D eigenvalue weighted by molar-refractivity contribution is 6.03. The number of nitrogens with two attached hydrogens (primary N) is 1. The second-order valence-electron chi connectivity index (χ2n) is 7.92. The second kappa shape index (κ2) is 13.0. The third kappa shape index (κ3) is 6.50. The zero-order valence-electron chi connectivity index (χ0n) is 22.3. The van der Waals surface area contributed by atoms with Crippen molar-refractivity contribution in [1.82, 2.24) is 0 Å². The third-order valence-corrected chi connectivity index (χ3v) is 5.60. The van der Waals surface area contributed by atoms with E-state index in [0.29, 0.717) is 45.9 Å². The summed E-state index contributed by atoms with van der Waals surface area (Å²) in [5.41, 5.74) is 9.21. The van der Waals surface area contributed by atoms with Crippen molar-refractivity contribution in [2.45, 2.75) is 0 Å². The lowest BCUT2D eigenvalue weighted by atomic mass is 10.1. The molecule has 0 aliphatic heterocycles. The Morgan fingerprint density at radius 3 is 1.66 bits per heavy atom. The van der Waals surface area contributed by atoms with Gasteiger partial charge in [-0.25, -0.2) is 0 Å². The molecule has 9 heteroatoms. The molecule has 38 heavy (non-hydrogen) atoms. The maximum absolute atomic E-state index is 12.7. The van der Waals surface area contributed by atoms with E-state index in [1.54, 1.807) is 64.8 Å². The molecule has 0 atom stereocenters. The van der Waals surface area contributed by atoms with Crippen LogP contribution in [-0.4, -0.2) is 48.6 Å². The quantitative estimate of drug-likeness (QED) is 0.203. The molecular weight excluding hydrogens is 488 g/mol. The van der Waals surface area contributed by atoms with Gasteiger partial charge in [0.15, 0.2) is 23.0 Å². The average Bonchev–Trinajstić information content (AvgIpc) is 2.93. The van der Waals surface area contributed by atoms with Gasteiger partial charge in [-0.05, 0) is 59.2 Å². The van der Waals surface area contributed by atoms with E-state index in [2.05, 4.69) is 5.32 Å². The number of nitrogens with one attached hydrogen (secondary N) is 1. The second-order valence-corrected chi connectivity index (χ2v) is 7.92. The van der Waals surface area contributed by atoms with Crippen LogP contribution in [0.25, 0.3) is 18.2 Å². The van der Waals surface area contributed by atoms with Crippen LogP contribution in [0.15, 0.2) is 48.5 Å². The molecule has 0 fully saturated rings. The molecule has 0 spiro atoms. The summed E-state index contributed by atoms with van der Waals surface area (Å²) in [6.45, 7) is 0. The van der Waals surface area contributed by atoms with Gasteiger partial charge in [0.1, 0.15) is 5.75 Å². The van der Waals surface area contributed by atoms with Crippen LogP contribution >= 0.6 is 0 Å². The Balaban J connectivity index is 1.89. The lowest BCUT2D eigenvalue weighted by Gasteiger charge is -2.15. The first kappa shape index (κ1) is 27.8. The number of methoxy groups -OCH3 is 6. The molecule has 0 aromatic heterocycles. The Kier molecular flexibility index (Phi) is 9.48. The van der Waals surface area contributed by atoms with Gasteiger partial charge >= 0.3 is 0 Å². The predicted octanol–water partition coefficient (Wildman–Crippen LogP) is 5.14. The van der Waals surface area contributed by atoms with Crippen molar-refractivity contribution in [3.8, 4) is 34.5 Å². The fourth-order valence-corrected chi connectivity index (χ4v) is 3.77. The van der Waals surface area contributed by atoms with Gasteiger partial charge in [0.2, 0.25) is 11.7 Å². The molecule has 200 valence electrons. The molecule has 0 aliphatic rings. The summed E-state index contributed by atoms with van der Waals surface area (Å²) in [7, 11) is 9.26. The zero-order valence-corrected chi connectivity index (χ0v) is 22.3. The van der Waals surface area contributed by atoms with E-state index in [4.69, 9.17) is 34.2 Å². The first-order valence-corrected chi connectivity index (χ1v) is 11.5. The summed E-state index contributed by atoms with van der Waals surface area (Å²) in [5, 5.41) is 2.86. The first-order valence-electron chi connectivity index (χ1n) is 11.5. The van der Waals surface area contributed by atoms with Crippen molar-refractivity contribution < 1.29 is 33.2 Å². The van der Waals surface area contributed by atoms with Gasteiger partial charge in [-0.3, -0.25) is 4.79 Å². The number of hydrogen-bond donors (Lipinski definition) is 2. The van der Waals surface area contributed by atoms with Crippen LogP contribution in [0.3, 0.4) is 0 Å². The van der Waals surface area contributed by atoms with E-state index < -0.39 is 0 Å². The Hall–Kier alpha value is -4.79. The van der Waals surface area contributed by atoms with Crippen molar-refractivity contribution in [1.29, 1.82) is 0 Å². The number of ether oxygens (including phenoxy) is 6. The van der Waals surface area contributed by atoms with Gasteiger partial charge in [-0.1, -0.05) is 18.2 Å². The highest BCUT2D eigenvalue weighted by atomic mass is 16.5. The number of rotatable bonds is 11. The largest absolute Gasteiger partial charge is 0.495 e. The fraction of sp³-hybridized carbons (Fsp3) is 0.207. The van der Waals surface area contributed by atoms with Crippen LogP contribution in [0.1, 0.15) is 16.7 Å². The molecule has 3 aromatic rings. The summed E-state index contributed by atoms with van der Waals surface area (Å²) < 4.78 is 32.4. The molecule has 3 rings (SSSR count). The number of carbonyl (C=O) groups excluding carboxylic acids is 1. The number of carbonyl (C=O) groups is 1. The molecule has 0 heterocycles. The van der Waals surface area contributed by atoms with Crippen LogP contribution in [-0.2, 0) is 4.79 Å². The number of anilines is 2. The van der Waals surface area contributed by atoms with E-state index >= 15 is 0 Å². The van der Waals surface area contributed by atoms with Crippen LogP contribution < -0.4 is 39.5 Å². The lowest BCUT2D eigenvalue weighted by molar-refractivity contribution is -0.111. The molecule has 0 bridgehead atoms. The third-order valence-electron chi connectivity index (χ3n) is 5.60. The predicted molar refractivity (Wildman–Crippen MR) is 150 cm³/mol. The summed E-state index contributed by atoms with van der Waals surface area (Å²) in [5.74, 6) is 2.66. The van der Waals surface area contributed by atoms with E-state index in [0.717, 1.165) is 16.7 Å². The zero-order chi connectivity index (χ0) is 27.7. The molecule has 0 unspecified atom stereocenters. The van der Waals surface area contributed by atoms with Crippen molar-refractivity contribution in [3.63, 3.8) is 0 Å². The Bertz CT molecular complexity index is 1320. The summed E-state index contributed by atoms with van der Waals surface area (Å²) >= 11 is 0. The highest BCUT2D eigenvalue weighted by Gasteiger charge is 2.15. The topological polar surface area (TPSA) is 111 Å². The molecule has 3 aromatic carbocycles. The maximum Gasteiger partial charge on any atom is 0.248 e. The normalized spacial score (nSPS) is 10.9. The molecule has 0 saturated carbocycles. The first-order chi connectivity index (χ1) is 18.4. The Labute approximate surface area is 222 Å². The summed E-state index contributed by atoms with van der Waals surface area (Å²) in [6.07, 6.45) is 6.81.